The number of hydrogen-bond acceptors (Lipinski definition) is 7. The number of hydrogen-bond donors (Lipinski definition) is 0. The van der Waals surface area contributed by atoms with Crippen molar-refractivity contribution >= 4 is 34.2 Å². The Bertz CT molecular complexity index is 866. The molecule has 7 heteroatoms. The number of aromatic nitrogens is 3. The Hall–Kier alpha value is -2.12. The highest BCUT2D eigenvalue weighted by Crippen LogP contribution is 2.24. The van der Waals surface area contributed by atoms with Gasteiger partial charge >= 0.3 is 0 Å². The Balaban J connectivity index is 1.30. The van der Waals surface area contributed by atoms with Gasteiger partial charge in [-0.2, -0.15) is 4.98 Å². The lowest BCUT2D eigenvalue weighted by atomic mass is 10.3. The monoisotopic (exact) mass is 343 g/mol. The number of thioether (sulfide) groups is 1. The molecule has 4 aromatic rings. The number of fused-ring (bicyclic) bond motifs is 1. The van der Waals surface area contributed by atoms with E-state index in [1.165, 1.54) is 0 Å². The molecule has 1 aromatic carbocycles. The van der Waals surface area contributed by atoms with Crippen LogP contribution in [0.4, 0.5) is 0 Å². The summed E-state index contributed by atoms with van der Waals surface area (Å²) in [4.78, 5) is 9.89. The van der Waals surface area contributed by atoms with Crippen LogP contribution >= 0.6 is 23.1 Å². The summed E-state index contributed by atoms with van der Waals surface area (Å²) in [7, 11) is 0. The fraction of sp³-hybridized carbons (Fsp3) is 0.188. The van der Waals surface area contributed by atoms with Gasteiger partial charge in [0.2, 0.25) is 11.7 Å². The first-order valence-corrected chi connectivity index (χ1v) is 9.10. The van der Waals surface area contributed by atoms with Crippen molar-refractivity contribution in [1.29, 1.82) is 0 Å². The van der Waals surface area contributed by atoms with E-state index < -0.39 is 0 Å². The van der Waals surface area contributed by atoms with Crippen molar-refractivity contribution in [3.63, 3.8) is 0 Å². The Morgan fingerprint density at radius 2 is 2.04 bits per heavy atom. The summed E-state index contributed by atoms with van der Waals surface area (Å²) < 4.78 is 11.0. The van der Waals surface area contributed by atoms with E-state index in [0.717, 1.165) is 34.6 Å². The first kappa shape index (κ1) is 14.5. The van der Waals surface area contributed by atoms with Crippen LogP contribution in [-0.2, 0) is 6.42 Å². The molecule has 0 radical (unpaired) electrons. The average Bonchev–Trinajstić information content (AvgIpc) is 3.30. The highest BCUT2D eigenvalue weighted by Gasteiger charge is 2.10. The third-order valence-corrected chi connectivity index (χ3v) is 5.02. The molecule has 0 aliphatic heterocycles. The first-order valence-electron chi connectivity index (χ1n) is 7.23. The Morgan fingerprint density at radius 3 is 2.91 bits per heavy atom. The molecule has 3 aromatic heterocycles. The van der Waals surface area contributed by atoms with Crippen LogP contribution in [0.25, 0.3) is 21.8 Å². The number of thiophene rings is 1. The maximum atomic E-state index is 5.68. The quantitative estimate of drug-likeness (QED) is 0.374. The summed E-state index contributed by atoms with van der Waals surface area (Å²) >= 11 is 3.21. The fourth-order valence-electron chi connectivity index (χ4n) is 2.16. The van der Waals surface area contributed by atoms with Crippen LogP contribution < -0.4 is 0 Å². The van der Waals surface area contributed by atoms with Crippen molar-refractivity contribution in [2.45, 2.75) is 18.1 Å². The molecule has 0 aliphatic carbocycles. The van der Waals surface area contributed by atoms with Gasteiger partial charge in [0, 0.05) is 12.2 Å². The summed E-state index contributed by atoms with van der Waals surface area (Å²) in [5.41, 5.74) is 1.72. The zero-order valence-corrected chi connectivity index (χ0v) is 13.8. The van der Waals surface area contributed by atoms with Crippen LogP contribution in [-0.4, -0.2) is 20.9 Å². The SMILES string of the molecule is c1csc(-c2noc(CCCSc3nc4ccccc4o3)n2)c1. The van der Waals surface area contributed by atoms with Gasteiger partial charge in [-0.05, 0) is 30.0 Å². The van der Waals surface area contributed by atoms with Crippen LogP contribution in [0.5, 0.6) is 0 Å². The normalized spacial score (nSPS) is 11.3. The molecule has 23 heavy (non-hydrogen) atoms. The number of aryl methyl sites for hydroxylation is 1. The standard InChI is InChI=1S/C16H13N3O2S2/c1-2-6-12-11(5-1)17-16(20-12)23-10-4-8-14-18-15(19-21-14)13-7-3-9-22-13/h1-3,5-7,9H,4,8,10H2. The van der Waals surface area contributed by atoms with Crippen LogP contribution in [0.2, 0.25) is 0 Å². The predicted molar refractivity (Wildman–Crippen MR) is 90.7 cm³/mol. The number of rotatable bonds is 6. The van der Waals surface area contributed by atoms with Crippen LogP contribution in [0.3, 0.4) is 0 Å². The van der Waals surface area contributed by atoms with E-state index in [1.54, 1.807) is 23.1 Å². The molecule has 0 unspecified atom stereocenters. The van der Waals surface area contributed by atoms with Gasteiger partial charge in [-0.3, -0.25) is 0 Å². The van der Waals surface area contributed by atoms with E-state index in [0.29, 0.717) is 16.9 Å². The smallest absolute Gasteiger partial charge is 0.256 e. The Labute approximate surface area is 140 Å². The van der Waals surface area contributed by atoms with Crippen molar-refractivity contribution in [2.24, 2.45) is 0 Å². The van der Waals surface area contributed by atoms with Crippen molar-refractivity contribution in [3.8, 4) is 10.7 Å². The molecule has 0 bridgehead atoms. The van der Waals surface area contributed by atoms with Gasteiger partial charge in [0.25, 0.3) is 5.22 Å². The maximum absolute atomic E-state index is 5.68. The Morgan fingerprint density at radius 1 is 1.09 bits per heavy atom. The van der Waals surface area contributed by atoms with Crippen molar-refractivity contribution in [1.82, 2.24) is 15.1 Å². The van der Waals surface area contributed by atoms with Crippen molar-refractivity contribution < 1.29 is 8.94 Å². The highest BCUT2D eigenvalue weighted by atomic mass is 32.2. The average molecular weight is 343 g/mol. The Kier molecular flexibility index (Phi) is 4.12. The molecule has 0 aliphatic rings. The topological polar surface area (TPSA) is 65.0 Å². The summed E-state index contributed by atoms with van der Waals surface area (Å²) in [6.45, 7) is 0. The number of para-hydroxylation sites is 2. The molecule has 0 saturated heterocycles. The molecule has 0 N–H and O–H groups in total. The van der Waals surface area contributed by atoms with Gasteiger partial charge in [-0.15, -0.1) is 11.3 Å². The minimum Gasteiger partial charge on any atom is -0.431 e. The molecule has 0 fully saturated rings. The zero-order chi connectivity index (χ0) is 15.5. The van der Waals surface area contributed by atoms with E-state index in [1.807, 2.05) is 41.8 Å². The van der Waals surface area contributed by atoms with Crippen LogP contribution in [0.15, 0.2) is 55.9 Å². The molecule has 5 nitrogen and oxygen atoms in total. The predicted octanol–water partition coefficient (Wildman–Crippen LogP) is 4.66. The first-order chi connectivity index (χ1) is 11.4. The van der Waals surface area contributed by atoms with Gasteiger partial charge in [0.15, 0.2) is 5.58 Å². The second-order valence-corrected chi connectivity index (χ2v) is 6.88. The zero-order valence-electron chi connectivity index (χ0n) is 12.1. The summed E-state index contributed by atoms with van der Waals surface area (Å²) in [6.07, 6.45) is 1.68. The van der Waals surface area contributed by atoms with Crippen LogP contribution in [0.1, 0.15) is 12.3 Å². The summed E-state index contributed by atoms with van der Waals surface area (Å²) in [6, 6.07) is 11.8. The van der Waals surface area contributed by atoms with E-state index >= 15 is 0 Å². The lowest BCUT2D eigenvalue weighted by Crippen LogP contribution is -1.88. The van der Waals surface area contributed by atoms with Crippen molar-refractivity contribution in [3.05, 3.63) is 47.7 Å². The molecular formula is C16H13N3O2S2. The molecule has 0 saturated carbocycles. The van der Waals surface area contributed by atoms with E-state index in [2.05, 4.69) is 15.1 Å². The minimum atomic E-state index is 0.668. The lowest BCUT2D eigenvalue weighted by molar-refractivity contribution is 0.378. The highest BCUT2D eigenvalue weighted by molar-refractivity contribution is 7.99. The third kappa shape index (κ3) is 3.30. The number of oxazole rings is 1. The molecule has 0 atom stereocenters. The van der Waals surface area contributed by atoms with Gasteiger partial charge < -0.3 is 8.94 Å². The largest absolute Gasteiger partial charge is 0.431 e. The molecule has 0 amide bonds. The van der Waals surface area contributed by atoms with Gasteiger partial charge in [-0.25, -0.2) is 4.98 Å². The van der Waals surface area contributed by atoms with Gasteiger partial charge in [-0.1, -0.05) is 35.1 Å². The van der Waals surface area contributed by atoms with Gasteiger partial charge in [0.1, 0.15) is 5.52 Å². The molecule has 116 valence electrons. The second kappa shape index (κ2) is 6.55. The second-order valence-electron chi connectivity index (χ2n) is 4.89. The third-order valence-electron chi connectivity index (χ3n) is 3.24. The lowest BCUT2D eigenvalue weighted by Gasteiger charge is -1.94. The molecular weight excluding hydrogens is 330 g/mol. The van der Waals surface area contributed by atoms with E-state index in [4.69, 9.17) is 8.94 Å². The number of nitrogens with zero attached hydrogens (tertiary/aromatic N) is 3. The molecule has 3 heterocycles. The fourth-order valence-corrected chi connectivity index (χ4v) is 3.58. The minimum absolute atomic E-state index is 0.668. The van der Waals surface area contributed by atoms with Gasteiger partial charge in [0.05, 0.1) is 4.88 Å². The summed E-state index contributed by atoms with van der Waals surface area (Å²) in [5.74, 6) is 2.23. The van der Waals surface area contributed by atoms with Crippen molar-refractivity contribution in [2.75, 3.05) is 5.75 Å². The van der Waals surface area contributed by atoms with E-state index in [-0.39, 0.29) is 0 Å². The summed E-state index contributed by atoms with van der Waals surface area (Å²) in [5, 5.41) is 6.72. The molecule has 0 spiro atoms. The van der Waals surface area contributed by atoms with E-state index in [9.17, 15) is 0 Å². The number of benzene rings is 1. The molecule has 4 rings (SSSR count). The van der Waals surface area contributed by atoms with Crippen LogP contribution in [0, 0.1) is 0 Å². The maximum Gasteiger partial charge on any atom is 0.256 e.